The number of fused-ring (bicyclic) bond motifs is 2. The van der Waals surface area contributed by atoms with Crippen LogP contribution in [0.2, 0.25) is 0 Å². The topological polar surface area (TPSA) is 20.1 Å². The highest BCUT2D eigenvalue weighted by Gasteiger charge is 2.59. The zero-order valence-corrected chi connectivity index (χ0v) is 13.8. The summed E-state index contributed by atoms with van der Waals surface area (Å²) in [6.45, 7) is 0. The van der Waals surface area contributed by atoms with E-state index in [1.165, 1.54) is 31.2 Å². The molecule has 5 rings (SSSR count). The van der Waals surface area contributed by atoms with E-state index in [1.54, 1.807) is 0 Å². The summed E-state index contributed by atoms with van der Waals surface area (Å²) >= 11 is 0. The minimum Gasteiger partial charge on any atom is -0.292 e. The molecule has 0 aromatic heterocycles. The van der Waals surface area contributed by atoms with Gasteiger partial charge in [-0.25, -0.2) is 0 Å². The largest absolute Gasteiger partial charge is 0.292 e. The predicted molar refractivity (Wildman–Crippen MR) is 94.8 cm³/mol. The van der Waals surface area contributed by atoms with Crippen LogP contribution in [-0.4, -0.2) is 22.8 Å². The smallest absolute Gasteiger partial charge is 0.181 e. The zero-order valence-electron chi connectivity index (χ0n) is 13.8. The molecule has 2 aliphatic carbocycles. The number of ketones is 1. The van der Waals surface area contributed by atoms with Crippen LogP contribution in [0.15, 0.2) is 60.7 Å². The summed E-state index contributed by atoms with van der Waals surface area (Å²) in [6, 6.07) is 21.4. The van der Waals surface area contributed by atoms with Crippen molar-refractivity contribution in [1.29, 1.82) is 0 Å². The van der Waals surface area contributed by atoms with Gasteiger partial charge in [-0.1, -0.05) is 67.1 Å². The molecule has 2 saturated carbocycles. The Morgan fingerprint density at radius 2 is 1.58 bits per heavy atom. The second-order valence-corrected chi connectivity index (χ2v) is 7.72. The van der Waals surface area contributed by atoms with Gasteiger partial charge in [0, 0.05) is 11.6 Å². The van der Waals surface area contributed by atoms with E-state index in [1.807, 2.05) is 30.3 Å². The minimum absolute atomic E-state index is 0.0409. The van der Waals surface area contributed by atoms with E-state index in [0.29, 0.717) is 11.8 Å². The first kappa shape index (κ1) is 14.4. The first-order valence-electron chi connectivity index (χ1n) is 9.24. The highest BCUT2D eigenvalue weighted by atomic mass is 16.1. The SMILES string of the molecule is O=C(c1ccccc1)[C@H]1[C@H](c2ccccc2)N1[C@H]1C[C@@H]2CC[C@H]1C2. The number of nitrogens with zero attached hydrogens (tertiary/aromatic N) is 1. The molecular weight excluding hydrogens is 294 g/mol. The molecule has 6 atom stereocenters. The van der Waals surface area contributed by atoms with Crippen molar-refractivity contribution in [3.8, 4) is 0 Å². The van der Waals surface area contributed by atoms with Crippen molar-refractivity contribution >= 4 is 5.78 Å². The van der Waals surface area contributed by atoms with Gasteiger partial charge in [0.1, 0.15) is 0 Å². The number of benzene rings is 2. The van der Waals surface area contributed by atoms with Crippen LogP contribution >= 0.6 is 0 Å². The van der Waals surface area contributed by atoms with Crippen molar-refractivity contribution in [1.82, 2.24) is 4.90 Å². The number of Topliss-reactive ketones (excluding diaryl/α,β-unsaturated/α-hetero) is 1. The van der Waals surface area contributed by atoms with Crippen LogP contribution in [-0.2, 0) is 0 Å². The predicted octanol–water partition coefficient (Wildman–Crippen LogP) is 4.48. The molecule has 2 bridgehead atoms. The lowest BCUT2D eigenvalue weighted by atomic mass is 9.95. The standard InChI is InChI=1S/C22H23NO/c24-22(17-9-5-2-6-10-17)21-20(16-7-3-1-4-8-16)23(21)19-14-15-11-12-18(19)13-15/h1-10,15,18-21H,11-14H2/t15-,18+,19+,20+,21-,23?/m1/s1. The lowest BCUT2D eigenvalue weighted by Gasteiger charge is -2.24. The Kier molecular flexibility index (Phi) is 3.34. The lowest BCUT2D eigenvalue weighted by molar-refractivity contribution is 0.0960. The molecule has 0 spiro atoms. The van der Waals surface area contributed by atoms with E-state index < -0.39 is 0 Å². The molecule has 2 nitrogen and oxygen atoms in total. The van der Waals surface area contributed by atoms with Crippen molar-refractivity contribution in [3.05, 3.63) is 71.8 Å². The Morgan fingerprint density at radius 3 is 2.21 bits per heavy atom. The molecule has 0 radical (unpaired) electrons. The van der Waals surface area contributed by atoms with Crippen LogP contribution < -0.4 is 0 Å². The summed E-state index contributed by atoms with van der Waals surface area (Å²) in [5.41, 5.74) is 2.16. The molecule has 2 aromatic rings. The van der Waals surface area contributed by atoms with Gasteiger partial charge in [0.15, 0.2) is 5.78 Å². The van der Waals surface area contributed by atoms with Crippen molar-refractivity contribution in [2.75, 3.05) is 0 Å². The Labute approximate surface area is 143 Å². The average molecular weight is 317 g/mol. The second kappa shape index (κ2) is 5.56. The highest BCUT2D eigenvalue weighted by molar-refractivity contribution is 6.02. The molecule has 122 valence electrons. The minimum atomic E-state index is 0.0409. The lowest BCUT2D eigenvalue weighted by Crippen LogP contribution is -2.29. The molecule has 1 heterocycles. The van der Waals surface area contributed by atoms with Gasteiger partial charge in [-0.2, -0.15) is 0 Å². The van der Waals surface area contributed by atoms with Gasteiger partial charge in [0.05, 0.1) is 12.1 Å². The first-order valence-corrected chi connectivity index (χ1v) is 9.24. The summed E-state index contributed by atoms with van der Waals surface area (Å²) < 4.78 is 0. The quantitative estimate of drug-likeness (QED) is 0.612. The van der Waals surface area contributed by atoms with Gasteiger partial charge in [0.25, 0.3) is 0 Å². The number of carbonyl (C=O) groups excluding carboxylic acids is 1. The van der Waals surface area contributed by atoms with Gasteiger partial charge >= 0.3 is 0 Å². The molecule has 24 heavy (non-hydrogen) atoms. The fraction of sp³-hybridized carbons (Fsp3) is 0.409. The third-order valence-electron chi connectivity index (χ3n) is 6.40. The zero-order chi connectivity index (χ0) is 16.1. The number of hydrogen-bond acceptors (Lipinski definition) is 2. The fourth-order valence-corrected chi connectivity index (χ4v) is 5.29. The molecule has 1 saturated heterocycles. The molecule has 1 aliphatic heterocycles. The Balaban J connectivity index is 1.46. The van der Waals surface area contributed by atoms with Crippen molar-refractivity contribution < 1.29 is 4.79 Å². The fourth-order valence-electron chi connectivity index (χ4n) is 5.29. The van der Waals surface area contributed by atoms with Crippen LogP contribution in [0.3, 0.4) is 0 Å². The molecule has 0 amide bonds. The van der Waals surface area contributed by atoms with E-state index in [0.717, 1.165) is 17.4 Å². The molecule has 2 heteroatoms. The van der Waals surface area contributed by atoms with E-state index >= 15 is 0 Å². The van der Waals surface area contributed by atoms with Crippen LogP contribution in [0, 0.1) is 11.8 Å². The van der Waals surface area contributed by atoms with Crippen LogP contribution in [0.4, 0.5) is 0 Å². The van der Waals surface area contributed by atoms with E-state index in [9.17, 15) is 4.79 Å². The molecular formula is C22H23NO. The maximum Gasteiger partial charge on any atom is 0.181 e. The third kappa shape index (κ3) is 2.24. The molecule has 3 aliphatic rings. The summed E-state index contributed by atoms with van der Waals surface area (Å²) in [5.74, 6) is 2.02. The summed E-state index contributed by atoms with van der Waals surface area (Å²) in [4.78, 5) is 15.7. The number of rotatable bonds is 4. The average Bonchev–Trinajstić information content (AvgIpc) is 3.00. The number of carbonyl (C=O) groups is 1. The van der Waals surface area contributed by atoms with Crippen molar-refractivity contribution in [3.63, 3.8) is 0 Å². The Morgan fingerprint density at radius 1 is 0.875 bits per heavy atom. The molecule has 1 unspecified atom stereocenters. The van der Waals surface area contributed by atoms with Gasteiger partial charge in [-0.3, -0.25) is 9.69 Å². The van der Waals surface area contributed by atoms with E-state index in [4.69, 9.17) is 0 Å². The molecule has 3 fully saturated rings. The monoisotopic (exact) mass is 317 g/mol. The Hall–Kier alpha value is -1.93. The highest BCUT2D eigenvalue weighted by Crippen LogP contribution is 2.56. The maximum atomic E-state index is 13.1. The molecule has 0 N–H and O–H groups in total. The first-order chi connectivity index (χ1) is 11.8. The maximum absolute atomic E-state index is 13.1. The molecule has 2 aromatic carbocycles. The van der Waals surface area contributed by atoms with Crippen LogP contribution in [0.25, 0.3) is 0 Å². The third-order valence-corrected chi connectivity index (χ3v) is 6.40. The van der Waals surface area contributed by atoms with Crippen molar-refractivity contribution in [2.24, 2.45) is 11.8 Å². The Bertz CT molecular complexity index is 741. The van der Waals surface area contributed by atoms with Gasteiger partial charge < -0.3 is 0 Å². The summed E-state index contributed by atoms with van der Waals surface area (Å²) in [7, 11) is 0. The second-order valence-electron chi connectivity index (χ2n) is 7.72. The van der Waals surface area contributed by atoms with E-state index in [-0.39, 0.29) is 12.1 Å². The summed E-state index contributed by atoms with van der Waals surface area (Å²) in [5, 5.41) is 0. The van der Waals surface area contributed by atoms with Crippen LogP contribution in [0.5, 0.6) is 0 Å². The van der Waals surface area contributed by atoms with Gasteiger partial charge in [-0.05, 0) is 36.7 Å². The summed E-state index contributed by atoms with van der Waals surface area (Å²) in [6.07, 6.45) is 5.45. The van der Waals surface area contributed by atoms with Crippen molar-refractivity contribution in [2.45, 2.75) is 43.8 Å². The normalized spacial score (nSPS) is 36.7. The number of hydrogen-bond donors (Lipinski definition) is 0. The van der Waals surface area contributed by atoms with Crippen LogP contribution in [0.1, 0.15) is 47.6 Å². The van der Waals surface area contributed by atoms with Gasteiger partial charge in [-0.15, -0.1) is 0 Å². The van der Waals surface area contributed by atoms with E-state index in [2.05, 4.69) is 35.2 Å². The van der Waals surface area contributed by atoms with Gasteiger partial charge in [0.2, 0.25) is 0 Å².